The van der Waals surface area contributed by atoms with E-state index in [4.69, 9.17) is 85.3 Å². The molecule has 0 bridgehead atoms. The van der Waals surface area contributed by atoms with Gasteiger partial charge in [0.05, 0.1) is 192 Å². The summed E-state index contributed by atoms with van der Waals surface area (Å²) in [4.78, 5) is 87.5. The van der Waals surface area contributed by atoms with Crippen molar-refractivity contribution in [1.82, 2.24) is 37.2 Å². The molecule has 3 aliphatic rings. The second kappa shape index (κ2) is 56.5. The number of hydrogen-bond donors (Lipinski definition) is 16. The van der Waals surface area contributed by atoms with Crippen molar-refractivity contribution in [2.45, 2.75) is 144 Å². The molecule has 3 rings (SSSR count). The van der Waals surface area contributed by atoms with E-state index in [1.54, 1.807) is 7.11 Å². The smallest absolute Gasteiger partial charge is 0.222 e. The van der Waals surface area contributed by atoms with Gasteiger partial charge in [0, 0.05) is 73.2 Å². The van der Waals surface area contributed by atoms with E-state index in [-0.39, 0.29) is 204 Å². The van der Waals surface area contributed by atoms with Crippen molar-refractivity contribution in [3.63, 3.8) is 0 Å². The van der Waals surface area contributed by atoms with Crippen LogP contribution < -0.4 is 37.2 Å². The molecular weight excluding hydrogens is 1400 g/mol. The summed E-state index contributed by atoms with van der Waals surface area (Å²) in [5, 5.41) is 109. The van der Waals surface area contributed by atoms with Gasteiger partial charge in [0.25, 0.3) is 0 Å². The third-order valence-corrected chi connectivity index (χ3v) is 15.3. The molecule has 0 aromatic heterocycles. The minimum Gasteiger partial charge on any atom is -0.394 e. The van der Waals surface area contributed by atoms with E-state index in [0.29, 0.717) is 13.2 Å². The Labute approximate surface area is 604 Å². The molecule has 3 heterocycles. The Morgan fingerprint density at radius 1 is 0.327 bits per heavy atom. The van der Waals surface area contributed by atoms with Crippen molar-refractivity contribution >= 4 is 41.4 Å². The third kappa shape index (κ3) is 39.4. The van der Waals surface area contributed by atoms with Gasteiger partial charge in [-0.1, -0.05) is 0 Å². The number of ether oxygens (including phenoxy) is 18. The van der Waals surface area contributed by atoms with Crippen LogP contribution in [0.1, 0.15) is 46.5 Å². The highest BCUT2D eigenvalue weighted by Crippen LogP contribution is 2.25. The van der Waals surface area contributed by atoms with E-state index in [9.17, 15) is 79.5 Å². The lowest BCUT2D eigenvalue weighted by Crippen LogP contribution is -2.64. The highest BCUT2D eigenvalue weighted by atomic mass is 16.7. The monoisotopic (exact) mass is 1510 g/mol. The van der Waals surface area contributed by atoms with E-state index < -0.39 is 159 Å². The summed E-state index contributed by atoms with van der Waals surface area (Å²) in [6, 6.07) is -3.30. The van der Waals surface area contributed by atoms with Gasteiger partial charge in [0.1, 0.15) is 78.6 Å². The number of methoxy groups -OCH3 is 1. The lowest BCUT2D eigenvalue weighted by molar-refractivity contribution is -0.272. The fraction of sp³-hybridized carbons (Fsp3) is 0.889. The van der Waals surface area contributed by atoms with Crippen LogP contribution in [-0.4, -0.2) is 403 Å². The molecule has 15 unspecified atom stereocenters. The van der Waals surface area contributed by atoms with Crippen LogP contribution in [-0.2, 0) is 119 Å². The van der Waals surface area contributed by atoms with Crippen molar-refractivity contribution in [3.05, 3.63) is 0 Å². The van der Waals surface area contributed by atoms with Crippen LogP contribution in [0.25, 0.3) is 0 Å². The summed E-state index contributed by atoms with van der Waals surface area (Å²) in [5.74, 6) is -3.16. The number of amides is 7. The molecule has 15 atom stereocenters. The molecule has 0 radical (unpaired) electrons. The van der Waals surface area contributed by atoms with Gasteiger partial charge in [-0.05, 0) is 0 Å². The zero-order valence-corrected chi connectivity index (χ0v) is 59.8. The molecule has 0 saturated carbocycles. The van der Waals surface area contributed by atoms with Crippen LogP contribution in [0, 0.1) is 0 Å². The average molecular weight is 1510 g/mol. The van der Waals surface area contributed by atoms with Gasteiger partial charge in [0.2, 0.25) is 41.4 Å². The predicted octanol–water partition coefficient (Wildman–Crippen LogP) is -9.54. The lowest BCUT2D eigenvalue weighted by Gasteiger charge is -2.42. The van der Waals surface area contributed by atoms with E-state index >= 15 is 0 Å². The van der Waals surface area contributed by atoms with Crippen LogP contribution >= 0.6 is 0 Å². The molecule has 0 spiro atoms. The minimum absolute atomic E-state index is 0.00338. The standard InChI is InChI=1S/C63H115N7O34/c1-41(74)67-51-57(84)54(81)44(35-71)102-60(51)99-32-29-93-26-22-89-16-9-64-47(77)5-13-96-38-63(70-50(80)8-12-88-21-25-92-20-19-87-4,39-97-14-6-48(78)65-10-17-90-23-27-94-30-33-100-61-52(68-42(2)75)58(85)55(82)45(36-72)103-61)40-98-15-7-49(79)66-11-18-91-24-28-95-31-34-101-62-53(69-43(3)76)59(86)56(83)46(37-73)104-62/h44-46,51-62,71-73,81-86H,5-40H2,1-4H3,(H,64,77)(H,65,78)(H,66,79)(H,67,74)(H,68,75)(H,69,76)(H,70,80). The van der Waals surface area contributed by atoms with Crippen molar-refractivity contribution in [1.29, 1.82) is 0 Å². The lowest BCUT2D eigenvalue weighted by atomic mass is 9.97. The Morgan fingerprint density at radius 2 is 0.577 bits per heavy atom. The molecule has 606 valence electrons. The molecule has 0 aromatic carbocycles. The normalized spacial score (nSPS) is 25.3. The molecule has 41 heteroatoms. The number of hydrogen-bond acceptors (Lipinski definition) is 34. The van der Waals surface area contributed by atoms with Gasteiger partial charge >= 0.3 is 0 Å². The van der Waals surface area contributed by atoms with Crippen molar-refractivity contribution < 1.29 is 165 Å². The second-order valence-electron chi connectivity index (χ2n) is 23.8. The topological polar surface area (TPSA) is 552 Å². The molecule has 3 saturated heterocycles. The SMILES string of the molecule is COCCOCCOCCC(=O)NC(COCCC(=O)NCCOCCOCCOC1OC(CO)C(O)C(O)C1NC(C)=O)(COCCC(=O)NCCOCCOCCOC1OC(CO)C(O)C(O)C1NC(C)=O)COCCC(=O)NCCOCCOCCOC1OC(CO)C(O)C(O)C1NC(C)=O. The molecule has 3 aliphatic heterocycles. The number of carbonyl (C=O) groups excluding carboxylic acids is 7. The van der Waals surface area contributed by atoms with Gasteiger partial charge in [-0.15, -0.1) is 0 Å². The molecule has 16 N–H and O–H groups in total. The second-order valence-corrected chi connectivity index (χ2v) is 23.8. The summed E-state index contributed by atoms with van der Waals surface area (Å²) in [7, 11) is 1.54. The summed E-state index contributed by atoms with van der Waals surface area (Å²) in [6.07, 6.45) is -16.2. The minimum atomic E-state index is -1.46. The summed E-state index contributed by atoms with van der Waals surface area (Å²) in [5.41, 5.74) is -1.45. The Balaban J connectivity index is 1.50. The first-order valence-electron chi connectivity index (χ1n) is 34.6. The van der Waals surface area contributed by atoms with Crippen LogP contribution in [0.2, 0.25) is 0 Å². The highest BCUT2D eigenvalue weighted by Gasteiger charge is 2.48. The van der Waals surface area contributed by atoms with E-state index in [0.717, 1.165) is 0 Å². The summed E-state index contributed by atoms with van der Waals surface area (Å²) < 4.78 is 101. The number of carbonyl (C=O) groups is 7. The fourth-order valence-electron chi connectivity index (χ4n) is 10.0. The molecular formula is C63H115N7O34. The summed E-state index contributed by atoms with van der Waals surface area (Å²) in [6.45, 7) is 3.55. The number of nitrogens with one attached hydrogen (secondary N) is 7. The highest BCUT2D eigenvalue weighted by molar-refractivity contribution is 5.78. The van der Waals surface area contributed by atoms with Crippen LogP contribution in [0.5, 0.6) is 0 Å². The first-order valence-corrected chi connectivity index (χ1v) is 34.6. The molecule has 0 aliphatic carbocycles. The van der Waals surface area contributed by atoms with Crippen LogP contribution in [0.4, 0.5) is 0 Å². The van der Waals surface area contributed by atoms with E-state index in [1.165, 1.54) is 20.8 Å². The van der Waals surface area contributed by atoms with E-state index in [1.807, 2.05) is 0 Å². The van der Waals surface area contributed by atoms with Gasteiger partial charge < -0.3 is 168 Å². The molecule has 0 aromatic rings. The number of aliphatic hydroxyl groups excluding tert-OH is 9. The van der Waals surface area contributed by atoms with Gasteiger partial charge in [-0.2, -0.15) is 0 Å². The Morgan fingerprint density at radius 3 is 0.856 bits per heavy atom. The molecule has 41 nitrogen and oxygen atoms in total. The summed E-state index contributed by atoms with van der Waals surface area (Å²) >= 11 is 0. The average Bonchev–Trinajstić information content (AvgIpc) is 0.820. The van der Waals surface area contributed by atoms with Crippen LogP contribution in [0.3, 0.4) is 0 Å². The fourth-order valence-corrected chi connectivity index (χ4v) is 10.0. The maximum atomic E-state index is 13.7. The first kappa shape index (κ1) is 93.4. The zero-order chi connectivity index (χ0) is 76.3. The maximum Gasteiger partial charge on any atom is 0.222 e. The van der Waals surface area contributed by atoms with Crippen molar-refractivity contribution in [2.75, 3.05) is 218 Å². The van der Waals surface area contributed by atoms with Gasteiger partial charge in [-0.3, -0.25) is 33.6 Å². The molecule has 7 amide bonds. The maximum absolute atomic E-state index is 13.7. The van der Waals surface area contributed by atoms with E-state index in [2.05, 4.69) is 37.2 Å². The predicted molar refractivity (Wildman–Crippen MR) is 353 cm³/mol. The molecule has 3 fully saturated rings. The van der Waals surface area contributed by atoms with Crippen molar-refractivity contribution in [3.8, 4) is 0 Å². The largest absolute Gasteiger partial charge is 0.394 e. The van der Waals surface area contributed by atoms with Gasteiger partial charge in [0.15, 0.2) is 18.9 Å². The quantitative estimate of drug-likeness (QED) is 0.0251. The number of aliphatic hydroxyl groups is 9. The third-order valence-electron chi connectivity index (χ3n) is 15.3. The Hall–Kier alpha value is -4.79. The number of rotatable bonds is 61. The van der Waals surface area contributed by atoms with Crippen LogP contribution in [0.15, 0.2) is 0 Å². The Kier molecular flexibility index (Phi) is 50.7. The Bertz CT molecular complexity index is 2120. The van der Waals surface area contributed by atoms with Gasteiger partial charge in [-0.25, -0.2) is 0 Å². The zero-order valence-electron chi connectivity index (χ0n) is 59.8. The first-order chi connectivity index (χ1) is 50.1. The van der Waals surface area contributed by atoms with Crippen molar-refractivity contribution in [2.24, 2.45) is 0 Å². The molecule has 104 heavy (non-hydrogen) atoms.